The van der Waals surface area contributed by atoms with Gasteiger partial charge in [0.25, 0.3) is 5.91 Å². The van der Waals surface area contributed by atoms with Gasteiger partial charge in [-0.2, -0.15) is 5.10 Å². The average Bonchev–Trinajstić information content (AvgIpc) is 3.48. The smallest absolute Gasteiger partial charge is 0.410 e. The minimum absolute atomic E-state index is 0.0845. The molecule has 0 spiro atoms. The zero-order valence-electron chi connectivity index (χ0n) is 20.2. The van der Waals surface area contributed by atoms with Gasteiger partial charge in [-0.15, -0.1) is 0 Å². The lowest BCUT2D eigenvalue weighted by molar-refractivity contribution is 0.0244. The van der Waals surface area contributed by atoms with Crippen LogP contribution in [0.1, 0.15) is 44.1 Å². The van der Waals surface area contributed by atoms with Crippen molar-refractivity contribution in [3.8, 4) is 17.1 Å². The Labute approximate surface area is 200 Å². The fourth-order valence-electron chi connectivity index (χ4n) is 4.21. The van der Waals surface area contributed by atoms with Crippen molar-refractivity contribution < 1.29 is 18.7 Å². The molecule has 0 N–H and O–H groups in total. The van der Waals surface area contributed by atoms with Crippen molar-refractivity contribution in [2.24, 2.45) is 5.92 Å². The van der Waals surface area contributed by atoms with Crippen molar-refractivity contribution in [2.75, 3.05) is 26.7 Å². The number of para-hydroxylation sites is 1. The summed E-state index contributed by atoms with van der Waals surface area (Å²) in [6, 6.07) is 15.0. The van der Waals surface area contributed by atoms with E-state index < -0.39 is 5.60 Å². The number of rotatable bonds is 5. The molecule has 180 valence electrons. The molecule has 3 aromatic rings. The number of piperidine rings is 1. The summed E-state index contributed by atoms with van der Waals surface area (Å²) in [6.45, 7) is 7.34. The van der Waals surface area contributed by atoms with E-state index in [1.807, 2.05) is 62.1 Å². The van der Waals surface area contributed by atoms with Crippen molar-refractivity contribution in [1.82, 2.24) is 19.6 Å². The number of furan rings is 1. The molecule has 8 heteroatoms. The minimum atomic E-state index is -0.540. The Hall–Kier alpha value is -3.55. The maximum atomic E-state index is 13.7. The van der Waals surface area contributed by atoms with E-state index in [0.29, 0.717) is 36.8 Å². The standard InChI is InChI=1S/C26H32N4O4/c1-26(2,3)34-25(32)28(4)17-19-10-8-14-29(18-19)24(31)22-16-21(23-13-9-15-33-23)27-30(22)20-11-6-5-7-12-20/h5-7,9,11-13,15-16,19H,8,10,14,17-18H2,1-4H3. The molecule has 0 radical (unpaired) electrons. The van der Waals surface area contributed by atoms with Crippen molar-refractivity contribution in [2.45, 2.75) is 39.2 Å². The number of aromatic nitrogens is 2. The Morgan fingerprint density at radius 2 is 1.94 bits per heavy atom. The third-order valence-electron chi connectivity index (χ3n) is 5.75. The van der Waals surface area contributed by atoms with Gasteiger partial charge in [-0.1, -0.05) is 18.2 Å². The minimum Gasteiger partial charge on any atom is -0.463 e. The highest BCUT2D eigenvalue weighted by Crippen LogP contribution is 2.25. The van der Waals surface area contributed by atoms with Crippen LogP contribution < -0.4 is 0 Å². The number of hydrogen-bond acceptors (Lipinski definition) is 5. The second kappa shape index (κ2) is 9.75. The molecule has 1 atom stereocenters. The largest absolute Gasteiger partial charge is 0.463 e. The summed E-state index contributed by atoms with van der Waals surface area (Å²) >= 11 is 0. The van der Waals surface area contributed by atoms with Gasteiger partial charge in [0.1, 0.15) is 17.0 Å². The topological polar surface area (TPSA) is 80.8 Å². The van der Waals surface area contributed by atoms with Crippen LogP contribution in [0.25, 0.3) is 17.1 Å². The molecular weight excluding hydrogens is 432 g/mol. The highest BCUT2D eigenvalue weighted by molar-refractivity contribution is 5.94. The number of benzene rings is 1. The molecule has 3 heterocycles. The zero-order valence-corrected chi connectivity index (χ0v) is 20.2. The lowest BCUT2D eigenvalue weighted by Gasteiger charge is -2.35. The first-order valence-electron chi connectivity index (χ1n) is 11.6. The van der Waals surface area contributed by atoms with Crippen LogP contribution in [-0.2, 0) is 4.74 Å². The van der Waals surface area contributed by atoms with Crippen molar-refractivity contribution in [3.05, 3.63) is 60.5 Å². The molecule has 1 unspecified atom stereocenters. The van der Waals surface area contributed by atoms with Crippen molar-refractivity contribution >= 4 is 12.0 Å². The molecule has 1 aliphatic heterocycles. The van der Waals surface area contributed by atoms with E-state index in [0.717, 1.165) is 18.5 Å². The number of amides is 2. The van der Waals surface area contributed by atoms with Crippen LogP contribution in [0.15, 0.2) is 59.2 Å². The number of carbonyl (C=O) groups excluding carboxylic acids is 2. The monoisotopic (exact) mass is 464 g/mol. The third-order valence-corrected chi connectivity index (χ3v) is 5.75. The molecule has 0 bridgehead atoms. The van der Waals surface area contributed by atoms with Gasteiger partial charge in [0.15, 0.2) is 5.76 Å². The van der Waals surface area contributed by atoms with E-state index in [1.165, 1.54) is 0 Å². The van der Waals surface area contributed by atoms with Crippen LogP contribution in [-0.4, -0.2) is 63.9 Å². The second-order valence-corrected chi connectivity index (χ2v) is 9.76. The van der Waals surface area contributed by atoms with E-state index in [4.69, 9.17) is 9.15 Å². The lowest BCUT2D eigenvalue weighted by Crippen LogP contribution is -2.45. The Morgan fingerprint density at radius 1 is 1.18 bits per heavy atom. The third kappa shape index (κ3) is 5.50. The van der Waals surface area contributed by atoms with E-state index in [-0.39, 0.29) is 17.9 Å². The van der Waals surface area contributed by atoms with Gasteiger partial charge in [-0.05, 0) is 63.8 Å². The van der Waals surface area contributed by atoms with E-state index >= 15 is 0 Å². The second-order valence-electron chi connectivity index (χ2n) is 9.76. The summed E-state index contributed by atoms with van der Waals surface area (Å²) in [5.74, 6) is 0.700. The van der Waals surface area contributed by atoms with Crippen LogP contribution in [0.4, 0.5) is 4.79 Å². The van der Waals surface area contributed by atoms with Gasteiger partial charge in [-0.25, -0.2) is 9.48 Å². The number of likely N-dealkylation sites (tertiary alicyclic amines) is 1. The first-order valence-corrected chi connectivity index (χ1v) is 11.6. The predicted molar refractivity (Wildman–Crippen MR) is 129 cm³/mol. The summed E-state index contributed by atoms with van der Waals surface area (Å²) in [4.78, 5) is 29.5. The van der Waals surface area contributed by atoms with Crippen LogP contribution in [0.2, 0.25) is 0 Å². The Balaban J connectivity index is 1.52. The molecule has 2 amide bonds. The van der Waals surface area contributed by atoms with E-state index in [1.54, 1.807) is 35.0 Å². The fourth-order valence-corrected chi connectivity index (χ4v) is 4.21. The lowest BCUT2D eigenvalue weighted by atomic mass is 9.97. The number of ether oxygens (including phenoxy) is 1. The average molecular weight is 465 g/mol. The highest BCUT2D eigenvalue weighted by atomic mass is 16.6. The Kier molecular flexibility index (Phi) is 6.77. The highest BCUT2D eigenvalue weighted by Gasteiger charge is 2.30. The van der Waals surface area contributed by atoms with Crippen molar-refractivity contribution in [3.63, 3.8) is 0 Å². The molecule has 1 aliphatic rings. The summed E-state index contributed by atoms with van der Waals surface area (Å²) in [6.07, 6.45) is 3.07. The van der Waals surface area contributed by atoms with Gasteiger partial charge >= 0.3 is 6.09 Å². The molecule has 0 aliphatic carbocycles. The predicted octanol–water partition coefficient (Wildman–Crippen LogP) is 4.85. The molecule has 1 saturated heterocycles. The molecule has 34 heavy (non-hydrogen) atoms. The summed E-state index contributed by atoms with van der Waals surface area (Å²) in [5.41, 5.74) is 1.36. The van der Waals surface area contributed by atoms with Crippen LogP contribution >= 0.6 is 0 Å². The Morgan fingerprint density at radius 3 is 2.62 bits per heavy atom. The molecule has 1 aromatic carbocycles. The van der Waals surface area contributed by atoms with E-state index in [9.17, 15) is 9.59 Å². The van der Waals surface area contributed by atoms with Crippen LogP contribution in [0.3, 0.4) is 0 Å². The number of carbonyl (C=O) groups is 2. The van der Waals surface area contributed by atoms with Gasteiger partial charge in [-0.3, -0.25) is 4.79 Å². The molecule has 4 rings (SSSR count). The normalized spacial score (nSPS) is 16.4. The summed E-state index contributed by atoms with van der Waals surface area (Å²) < 4.78 is 12.7. The first-order chi connectivity index (χ1) is 16.2. The molecule has 2 aromatic heterocycles. The first kappa shape index (κ1) is 23.6. The number of nitrogens with zero attached hydrogens (tertiary/aromatic N) is 4. The molecular formula is C26H32N4O4. The number of hydrogen-bond donors (Lipinski definition) is 0. The van der Waals surface area contributed by atoms with Gasteiger partial charge in [0.05, 0.1) is 12.0 Å². The zero-order chi connectivity index (χ0) is 24.3. The van der Waals surface area contributed by atoms with Crippen LogP contribution in [0, 0.1) is 5.92 Å². The SMILES string of the molecule is CN(CC1CCCN(C(=O)c2cc(-c3ccco3)nn2-c2ccccc2)C1)C(=O)OC(C)(C)C. The molecule has 1 fully saturated rings. The molecule has 0 saturated carbocycles. The van der Waals surface area contributed by atoms with Gasteiger partial charge < -0.3 is 19.0 Å². The van der Waals surface area contributed by atoms with Crippen LogP contribution in [0.5, 0.6) is 0 Å². The van der Waals surface area contributed by atoms with E-state index in [2.05, 4.69) is 5.10 Å². The quantitative estimate of drug-likeness (QED) is 0.539. The van der Waals surface area contributed by atoms with Crippen molar-refractivity contribution in [1.29, 1.82) is 0 Å². The maximum absolute atomic E-state index is 13.7. The van der Waals surface area contributed by atoms with Gasteiger partial charge in [0.2, 0.25) is 0 Å². The summed E-state index contributed by atoms with van der Waals surface area (Å²) in [5, 5.41) is 4.67. The molecule has 8 nitrogen and oxygen atoms in total. The summed E-state index contributed by atoms with van der Waals surface area (Å²) in [7, 11) is 1.74. The maximum Gasteiger partial charge on any atom is 0.410 e. The Bertz CT molecular complexity index is 1120. The van der Waals surface area contributed by atoms with Gasteiger partial charge in [0, 0.05) is 32.7 Å². The fraction of sp³-hybridized carbons (Fsp3) is 0.423.